The van der Waals surface area contributed by atoms with Crippen LogP contribution in [0, 0.1) is 0 Å². The number of methoxy groups -OCH3 is 1. The van der Waals surface area contributed by atoms with E-state index in [0.29, 0.717) is 16.7 Å². The van der Waals surface area contributed by atoms with Crippen LogP contribution in [0.4, 0.5) is 0 Å². The Balaban J connectivity index is 1.47. The predicted octanol–water partition coefficient (Wildman–Crippen LogP) is 2.32. The van der Waals surface area contributed by atoms with Crippen LogP contribution in [0.2, 0.25) is 0 Å². The van der Waals surface area contributed by atoms with E-state index < -0.39 is 30.2 Å². The van der Waals surface area contributed by atoms with Gasteiger partial charge in [-0.05, 0) is 47.4 Å². The highest BCUT2D eigenvalue weighted by Crippen LogP contribution is 2.30. The molecule has 1 N–H and O–H groups in total. The van der Waals surface area contributed by atoms with Gasteiger partial charge in [-0.2, -0.15) is 0 Å². The van der Waals surface area contributed by atoms with E-state index >= 15 is 0 Å². The van der Waals surface area contributed by atoms with Gasteiger partial charge >= 0.3 is 5.63 Å². The quantitative estimate of drug-likeness (QED) is 0.372. The molecule has 8 nitrogen and oxygen atoms in total. The number of nitrogens with one attached hydrogen (secondary N) is 1. The van der Waals surface area contributed by atoms with Crippen LogP contribution in [0.5, 0.6) is 11.5 Å². The summed E-state index contributed by atoms with van der Waals surface area (Å²) in [6, 6.07) is 21.3. The van der Waals surface area contributed by atoms with Crippen LogP contribution in [0.15, 0.2) is 88.1 Å². The van der Waals surface area contributed by atoms with Crippen molar-refractivity contribution in [2.24, 2.45) is 0 Å². The smallest absolute Gasteiger partial charge is 0.336 e. The molecule has 0 saturated carbocycles. The molecule has 0 saturated heterocycles. The van der Waals surface area contributed by atoms with Crippen molar-refractivity contribution < 1.29 is 28.6 Å². The van der Waals surface area contributed by atoms with Crippen LogP contribution in [-0.4, -0.2) is 31.6 Å². The molecule has 0 bridgehead atoms. The molecular formula is C27H22NO7-. The molecular weight excluding hydrogens is 450 g/mol. The number of carboxylic acids is 1. The summed E-state index contributed by atoms with van der Waals surface area (Å²) in [5.74, 6) is -1.03. The third-order valence-corrected chi connectivity index (χ3v) is 5.39. The Morgan fingerprint density at radius 1 is 0.971 bits per heavy atom. The zero-order valence-corrected chi connectivity index (χ0v) is 18.9. The number of fused-ring (bicyclic) bond motifs is 1. The van der Waals surface area contributed by atoms with Gasteiger partial charge in [0, 0.05) is 17.5 Å². The van der Waals surface area contributed by atoms with E-state index in [4.69, 9.17) is 13.9 Å². The van der Waals surface area contributed by atoms with Gasteiger partial charge < -0.3 is 29.1 Å². The average Bonchev–Trinajstić information content (AvgIpc) is 2.87. The molecule has 4 rings (SSSR count). The first kappa shape index (κ1) is 23.6. The van der Waals surface area contributed by atoms with E-state index in [9.17, 15) is 19.5 Å². The highest BCUT2D eigenvalue weighted by atomic mass is 16.5. The molecule has 0 unspecified atom stereocenters. The van der Waals surface area contributed by atoms with Crippen LogP contribution in [0.25, 0.3) is 22.1 Å². The fraction of sp³-hybridized carbons (Fsp3) is 0.148. The van der Waals surface area contributed by atoms with Gasteiger partial charge in [0.25, 0.3) is 5.91 Å². The van der Waals surface area contributed by atoms with Gasteiger partial charge in [0.05, 0.1) is 19.1 Å². The Morgan fingerprint density at radius 2 is 1.69 bits per heavy atom. The summed E-state index contributed by atoms with van der Waals surface area (Å²) in [4.78, 5) is 35.9. The molecule has 1 aromatic heterocycles. The van der Waals surface area contributed by atoms with Crippen molar-refractivity contribution in [1.82, 2.24) is 5.32 Å². The molecule has 8 heteroatoms. The summed E-state index contributed by atoms with van der Waals surface area (Å²) in [7, 11) is 1.57. The number of hydrogen-bond acceptors (Lipinski definition) is 7. The average molecular weight is 472 g/mol. The Hall–Kier alpha value is -4.59. The molecule has 0 radical (unpaired) electrons. The lowest BCUT2D eigenvalue weighted by Gasteiger charge is -2.20. The molecule has 4 aromatic rings. The normalized spacial score (nSPS) is 11.6. The summed E-state index contributed by atoms with van der Waals surface area (Å²) in [5, 5.41) is 14.6. The van der Waals surface area contributed by atoms with E-state index in [1.54, 1.807) is 55.6 Å². The molecule has 1 atom stereocenters. The third kappa shape index (κ3) is 5.86. The number of rotatable bonds is 9. The van der Waals surface area contributed by atoms with Gasteiger partial charge in [-0.15, -0.1) is 0 Å². The highest BCUT2D eigenvalue weighted by molar-refractivity contribution is 5.94. The Morgan fingerprint density at radius 3 is 2.37 bits per heavy atom. The first-order chi connectivity index (χ1) is 16.9. The van der Waals surface area contributed by atoms with Crippen molar-refractivity contribution in [1.29, 1.82) is 0 Å². The summed E-state index contributed by atoms with van der Waals surface area (Å²) < 4.78 is 16.0. The summed E-state index contributed by atoms with van der Waals surface area (Å²) in [6.45, 7) is -0.424. The largest absolute Gasteiger partial charge is 0.548 e. The molecule has 35 heavy (non-hydrogen) atoms. The summed E-state index contributed by atoms with van der Waals surface area (Å²) in [5.41, 5.74) is 2.00. The Labute approximate surface area is 200 Å². The van der Waals surface area contributed by atoms with Crippen molar-refractivity contribution >= 4 is 22.8 Å². The lowest BCUT2D eigenvalue weighted by molar-refractivity contribution is -0.308. The number of hydrogen-bond donors (Lipinski definition) is 1. The number of carbonyl (C=O) groups excluding carboxylic acids is 2. The number of ether oxygens (including phenoxy) is 2. The van der Waals surface area contributed by atoms with Crippen molar-refractivity contribution in [3.63, 3.8) is 0 Å². The monoisotopic (exact) mass is 472 g/mol. The van der Waals surface area contributed by atoms with Crippen LogP contribution in [-0.2, 0) is 16.0 Å². The van der Waals surface area contributed by atoms with E-state index in [-0.39, 0.29) is 17.8 Å². The van der Waals surface area contributed by atoms with Crippen LogP contribution < -0.4 is 25.5 Å². The number of aliphatic carboxylic acids is 1. The SMILES string of the molecule is COc1ccc(-c2cc(=O)oc3cc(OCC(=O)N[C@@H](Cc4ccccc4)C(=O)[O-])ccc23)cc1. The molecule has 0 aliphatic rings. The van der Waals surface area contributed by atoms with Crippen LogP contribution in [0.3, 0.4) is 0 Å². The van der Waals surface area contributed by atoms with Crippen LogP contribution >= 0.6 is 0 Å². The van der Waals surface area contributed by atoms with Crippen molar-refractivity contribution in [2.75, 3.05) is 13.7 Å². The second kappa shape index (κ2) is 10.6. The lowest BCUT2D eigenvalue weighted by atomic mass is 10.0. The Bertz CT molecular complexity index is 1390. The number of amides is 1. The van der Waals surface area contributed by atoms with E-state index in [2.05, 4.69) is 5.32 Å². The van der Waals surface area contributed by atoms with Gasteiger partial charge in [-0.1, -0.05) is 42.5 Å². The maximum absolute atomic E-state index is 12.3. The van der Waals surface area contributed by atoms with Gasteiger partial charge in [-0.3, -0.25) is 4.79 Å². The molecule has 0 spiro atoms. The topological polar surface area (TPSA) is 118 Å². The highest BCUT2D eigenvalue weighted by Gasteiger charge is 2.15. The van der Waals surface area contributed by atoms with E-state index in [1.807, 2.05) is 18.2 Å². The summed E-state index contributed by atoms with van der Waals surface area (Å²) in [6.07, 6.45) is 0.0875. The summed E-state index contributed by atoms with van der Waals surface area (Å²) >= 11 is 0. The second-order valence-electron chi connectivity index (χ2n) is 7.78. The van der Waals surface area contributed by atoms with Crippen molar-refractivity contribution in [2.45, 2.75) is 12.5 Å². The third-order valence-electron chi connectivity index (χ3n) is 5.39. The van der Waals surface area contributed by atoms with E-state index in [1.165, 1.54) is 12.1 Å². The van der Waals surface area contributed by atoms with Crippen molar-refractivity contribution in [3.8, 4) is 22.6 Å². The minimum absolute atomic E-state index is 0.0875. The number of carboxylic acid groups (broad SMARTS) is 1. The number of benzene rings is 3. The molecule has 0 aliphatic heterocycles. The Kier molecular flexibility index (Phi) is 7.11. The second-order valence-corrected chi connectivity index (χ2v) is 7.78. The predicted molar refractivity (Wildman–Crippen MR) is 127 cm³/mol. The molecule has 178 valence electrons. The van der Waals surface area contributed by atoms with Crippen LogP contribution in [0.1, 0.15) is 5.56 Å². The number of carbonyl (C=O) groups is 2. The maximum Gasteiger partial charge on any atom is 0.336 e. The minimum Gasteiger partial charge on any atom is -0.548 e. The molecule has 0 aliphatic carbocycles. The zero-order valence-electron chi connectivity index (χ0n) is 18.9. The zero-order chi connectivity index (χ0) is 24.8. The van der Waals surface area contributed by atoms with Crippen molar-refractivity contribution in [3.05, 3.63) is 94.8 Å². The van der Waals surface area contributed by atoms with Gasteiger partial charge in [0.15, 0.2) is 6.61 Å². The van der Waals surface area contributed by atoms with E-state index in [0.717, 1.165) is 11.1 Å². The molecule has 0 fully saturated rings. The first-order valence-electron chi connectivity index (χ1n) is 10.8. The van der Waals surface area contributed by atoms with Gasteiger partial charge in [0.1, 0.15) is 17.1 Å². The minimum atomic E-state index is -1.39. The molecule has 3 aromatic carbocycles. The molecule has 1 heterocycles. The maximum atomic E-state index is 12.3. The first-order valence-corrected chi connectivity index (χ1v) is 10.8. The lowest BCUT2D eigenvalue weighted by Crippen LogP contribution is -2.50. The fourth-order valence-corrected chi connectivity index (χ4v) is 3.67. The standard InChI is InChI=1S/C27H23NO7/c1-33-19-9-7-18(8-10-19)22-15-26(30)35-24-14-20(11-12-21(22)24)34-16-25(29)28-23(27(31)32)13-17-5-3-2-4-6-17/h2-12,14-15,23H,13,16H2,1H3,(H,28,29)(H,31,32)/p-1/t23-/m0/s1. The van der Waals surface area contributed by atoms with Gasteiger partial charge in [0.2, 0.25) is 0 Å². The van der Waals surface area contributed by atoms with Gasteiger partial charge in [-0.25, -0.2) is 4.79 Å². The fourth-order valence-electron chi connectivity index (χ4n) is 3.67. The molecule has 1 amide bonds.